The minimum absolute atomic E-state index is 0.0637. The van der Waals surface area contributed by atoms with Crippen LogP contribution in [0, 0.1) is 5.92 Å². The Morgan fingerprint density at radius 3 is 2.75 bits per heavy atom. The predicted molar refractivity (Wildman–Crippen MR) is 92.2 cm³/mol. The van der Waals surface area contributed by atoms with Gasteiger partial charge in [-0.3, -0.25) is 9.69 Å². The SMILES string of the molecule is C[C@@H]1CCCC[C@]12NC(=O)N(CCCOc1ccc(Cl)cc1)C2=O. The molecule has 3 amide bonds. The molecule has 1 aromatic rings. The Morgan fingerprint density at radius 2 is 2.04 bits per heavy atom. The number of urea groups is 1. The molecule has 1 aromatic carbocycles. The van der Waals surface area contributed by atoms with E-state index >= 15 is 0 Å². The molecule has 0 radical (unpaired) electrons. The first-order chi connectivity index (χ1) is 11.5. The Labute approximate surface area is 147 Å². The van der Waals surface area contributed by atoms with Gasteiger partial charge in [0.2, 0.25) is 0 Å². The summed E-state index contributed by atoms with van der Waals surface area (Å²) in [4.78, 5) is 26.4. The van der Waals surface area contributed by atoms with Crippen molar-refractivity contribution in [1.82, 2.24) is 10.2 Å². The molecule has 1 spiro atoms. The van der Waals surface area contributed by atoms with Crippen molar-refractivity contribution in [3.8, 4) is 5.75 Å². The molecule has 0 unspecified atom stereocenters. The minimum Gasteiger partial charge on any atom is -0.494 e. The number of ether oxygens (including phenoxy) is 1. The number of carbonyl (C=O) groups is 2. The third-order valence-corrected chi connectivity index (χ3v) is 5.36. The van der Waals surface area contributed by atoms with Crippen molar-refractivity contribution in [2.75, 3.05) is 13.2 Å². The number of amides is 3. The maximum atomic E-state index is 12.8. The van der Waals surface area contributed by atoms with Crippen molar-refractivity contribution in [3.63, 3.8) is 0 Å². The maximum Gasteiger partial charge on any atom is 0.325 e. The van der Waals surface area contributed by atoms with E-state index in [4.69, 9.17) is 16.3 Å². The topological polar surface area (TPSA) is 58.6 Å². The van der Waals surface area contributed by atoms with Crippen LogP contribution >= 0.6 is 11.6 Å². The third-order valence-electron chi connectivity index (χ3n) is 5.11. The second-order valence-corrected chi connectivity index (χ2v) is 7.10. The van der Waals surface area contributed by atoms with E-state index < -0.39 is 5.54 Å². The quantitative estimate of drug-likeness (QED) is 0.652. The van der Waals surface area contributed by atoms with Gasteiger partial charge in [-0.1, -0.05) is 31.4 Å². The molecule has 24 heavy (non-hydrogen) atoms. The second kappa shape index (κ2) is 7.01. The Kier molecular flexibility index (Phi) is 4.99. The van der Waals surface area contributed by atoms with Crippen LogP contribution in [0.2, 0.25) is 5.02 Å². The molecule has 1 saturated heterocycles. The van der Waals surface area contributed by atoms with Gasteiger partial charge in [-0.2, -0.15) is 0 Å². The summed E-state index contributed by atoms with van der Waals surface area (Å²) < 4.78 is 5.62. The van der Waals surface area contributed by atoms with Crippen molar-refractivity contribution in [2.24, 2.45) is 5.92 Å². The van der Waals surface area contributed by atoms with E-state index in [0.29, 0.717) is 24.6 Å². The van der Waals surface area contributed by atoms with Gasteiger partial charge in [0.1, 0.15) is 11.3 Å². The summed E-state index contributed by atoms with van der Waals surface area (Å²) in [5, 5.41) is 3.63. The van der Waals surface area contributed by atoms with Gasteiger partial charge in [0.25, 0.3) is 5.91 Å². The van der Waals surface area contributed by atoms with Crippen LogP contribution in [-0.2, 0) is 4.79 Å². The highest BCUT2D eigenvalue weighted by molar-refractivity contribution is 6.30. The van der Waals surface area contributed by atoms with E-state index in [9.17, 15) is 9.59 Å². The number of hydrogen-bond donors (Lipinski definition) is 1. The molecular weight excluding hydrogens is 328 g/mol. The van der Waals surface area contributed by atoms with Crippen LogP contribution in [0.25, 0.3) is 0 Å². The number of nitrogens with one attached hydrogen (secondary N) is 1. The first-order valence-electron chi connectivity index (χ1n) is 8.55. The number of halogens is 1. The number of rotatable bonds is 5. The highest BCUT2D eigenvalue weighted by Crippen LogP contribution is 2.38. The van der Waals surface area contributed by atoms with Gasteiger partial charge in [0.15, 0.2) is 0 Å². The van der Waals surface area contributed by atoms with E-state index in [1.165, 1.54) is 4.90 Å². The van der Waals surface area contributed by atoms with Crippen LogP contribution in [-0.4, -0.2) is 35.5 Å². The maximum absolute atomic E-state index is 12.8. The van der Waals surface area contributed by atoms with Crippen LogP contribution in [0.3, 0.4) is 0 Å². The molecule has 5 nitrogen and oxygen atoms in total. The average molecular weight is 351 g/mol. The monoisotopic (exact) mass is 350 g/mol. The number of hydrogen-bond acceptors (Lipinski definition) is 3. The number of carbonyl (C=O) groups excluding carboxylic acids is 2. The van der Waals surface area contributed by atoms with Crippen LogP contribution in [0.4, 0.5) is 4.79 Å². The third kappa shape index (κ3) is 3.22. The standard InChI is InChI=1S/C18H23ClN2O3/c1-13-5-2-3-10-18(13)16(22)21(17(23)20-18)11-4-12-24-15-8-6-14(19)7-9-15/h6-9,13H,2-5,10-12H2,1H3,(H,20,23)/t13-,18+/m1/s1. The molecule has 0 aromatic heterocycles. The fraction of sp³-hybridized carbons (Fsp3) is 0.556. The zero-order chi connectivity index (χ0) is 17.2. The lowest BCUT2D eigenvalue weighted by Crippen LogP contribution is -2.53. The van der Waals surface area contributed by atoms with Crippen molar-refractivity contribution in [3.05, 3.63) is 29.3 Å². The smallest absolute Gasteiger partial charge is 0.325 e. The molecule has 3 rings (SSSR count). The molecule has 6 heteroatoms. The highest BCUT2D eigenvalue weighted by atomic mass is 35.5. The average Bonchev–Trinajstić information content (AvgIpc) is 2.80. The van der Waals surface area contributed by atoms with Gasteiger partial charge in [0, 0.05) is 11.6 Å². The second-order valence-electron chi connectivity index (χ2n) is 6.66. The molecule has 1 aliphatic heterocycles. The van der Waals surface area contributed by atoms with Crippen molar-refractivity contribution >= 4 is 23.5 Å². The number of nitrogens with zero attached hydrogens (tertiary/aromatic N) is 1. The zero-order valence-corrected chi connectivity index (χ0v) is 14.6. The largest absolute Gasteiger partial charge is 0.494 e. The summed E-state index contributed by atoms with van der Waals surface area (Å²) in [5.74, 6) is 0.859. The lowest BCUT2D eigenvalue weighted by molar-refractivity contribution is -0.134. The molecule has 1 aliphatic carbocycles. The molecule has 2 atom stereocenters. The van der Waals surface area contributed by atoms with E-state index in [1.807, 2.05) is 0 Å². The molecule has 1 heterocycles. The van der Waals surface area contributed by atoms with Gasteiger partial charge < -0.3 is 10.1 Å². The van der Waals surface area contributed by atoms with Crippen LogP contribution in [0.1, 0.15) is 39.0 Å². The Bertz CT molecular complexity index is 619. The summed E-state index contributed by atoms with van der Waals surface area (Å²) in [6.45, 7) is 2.89. The molecule has 1 N–H and O–H groups in total. The Hall–Kier alpha value is -1.75. The minimum atomic E-state index is -0.674. The van der Waals surface area contributed by atoms with Gasteiger partial charge in [-0.15, -0.1) is 0 Å². The summed E-state index contributed by atoms with van der Waals surface area (Å²) in [6, 6.07) is 6.87. The van der Waals surface area contributed by atoms with Crippen LogP contribution in [0.15, 0.2) is 24.3 Å². The van der Waals surface area contributed by atoms with Crippen LogP contribution < -0.4 is 10.1 Å². The molecule has 2 fully saturated rings. The fourth-order valence-electron chi connectivity index (χ4n) is 3.64. The first-order valence-corrected chi connectivity index (χ1v) is 8.93. The van der Waals surface area contributed by atoms with Gasteiger partial charge in [-0.05, 0) is 49.4 Å². The first kappa shape index (κ1) is 17.1. The lowest BCUT2D eigenvalue weighted by Gasteiger charge is -2.36. The van der Waals surface area contributed by atoms with Crippen molar-refractivity contribution in [1.29, 1.82) is 0 Å². The zero-order valence-electron chi connectivity index (χ0n) is 13.9. The van der Waals surface area contributed by atoms with E-state index in [0.717, 1.165) is 31.4 Å². The number of imide groups is 1. The van der Waals surface area contributed by atoms with E-state index in [-0.39, 0.29) is 17.9 Å². The van der Waals surface area contributed by atoms with E-state index in [2.05, 4.69) is 12.2 Å². The van der Waals surface area contributed by atoms with E-state index in [1.54, 1.807) is 24.3 Å². The van der Waals surface area contributed by atoms with Gasteiger partial charge >= 0.3 is 6.03 Å². The molecule has 0 bridgehead atoms. The normalized spacial score (nSPS) is 26.8. The summed E-state index contributed by atoms with van der Waals surface area (Å²) in [7, 11) is 0. The lowest BCUT2D eigenvalue weighted by atomic mass is 9.73. The highest BCUT2D eigenvalue weighted by Gasteiger charge is 2.54. The Morgan fingerprint density at radius 1 is 1.29 bits per heavy atom. The fourth-order valence-corrected chi connectivity index (χ4v) is 3.77. The molecule has 1 saturated carbocycles. The molecular formula is C18H23ClN2O3. The molecule has 130 valence electrons. The summed E-state index contributed by atoms with van der Waals surface area (Å²) in [6.07, 6.45) is 4.45. The molecule has 2 aliphatic rings. The predicted octanol–water partition coefficient (Wildman–Crippen LogP) is 3.61. The van der Waals surface area contributed by atoms with Crippen LogP contribution in [0.5, 0.6) is 5.75 Å². The summed E-state index contributed by atoms with van der Waals surface area (Å²) >= 11 is 5.83. The number of benzene rings is 1. The Balaban J connectivity index is 1.53. The van der Waals surface area contributed by atoms with Gasteiger partial charge in [0.05, 0.1) is 6.61 Å². The van der Waals surface area contributed by atoms with Crippen molar-refractivity contribution in [2.45, 2.75) is 44.6 Å². The van der Waals surface area contributed by atoms with Gasteiger partial charge in [-0.25, -0.2) is 4.79 Å². The van der Waals surface area contributed by atoms with Crippen molar-refractivity contribution < 1.29 is 14.3 Å². The summed E-state index contributed by atoms with van der Waals surface area (Å²) in [5.41, 5.74) is -0.674.